The SMILES string of the molecule is Cl.c1ccc(CNCCCC23CC(c4ccccc42)c2ccccc23)cc1. The van der Waals surface area contributed by atoms with Crippen LogP contribution in [0.1, 0.15) is 53.0 Å². The molecule has 27 heavy (non-hydrogen) atoms. The predicted molar refractivity (Wildman–Crippen MR) is 115 cm³/mol. The zero-order chi connectivity index (χ0) is 17.4. The molecule has 0 amide bonds. The average molecular weight is 376 g/mol. The summed E-state index contributed by atoms with van der Waals surface area (Å²) < 4.78 is 0. The zero-order valence-corrected chi connectivity index (χ0v) is 16.3. The van der Waals surface area contributed by atoms with Crippen LogP contribution in [0.3, 0.4) is 0 Å². The van der Waals surface area contributed by atoms with Crippen LogP contribution in [0.4, 0.5) is 0 Å². The first-order chi connectivity index (χ1) is 12.9. The first kappa shape index (κ1) is 18.3. The molecule has 138 valence electrons. The Balaban J connectivity index is 0.00000180. The summed E-state index contributed by atoms with van der Waals surface area (Å²) in [6, 6.07) is 29.0. The summed E-state index contributed by atoms with van der Waals surface area (Å²) in [6.45, 7) is 2.04. The van der Waals surface area contributed by atoms with E-state index in [4.69, 9.17) is 0 Å². The number of hydrogen-bond donors (Lipinski definition) is 1. The highest BCUT2D eigenvalue weighted by Crippen LogP contribution is 2.61. The number of rotatable bonds is 6. The molecular weight excluding hydrogens is 350 g/mol. The van der Waals surface area contributed by atoms with Gasteiger partial charge in [0.2, 0.25) is 0 Å². The second-order valence-electron chi connectivity index (χ2n) is 7.78. The van der Waals surface area contributed by atoms with Crippen LogP contribution >= 0.6 is 12.4 Å². The van der Waals surface area contributed by atoms with Gasteiger partial charge in [-0.15, -0.1) is 12.4 Å². The largest absolute Gasteiger partial charge is 0.313 e. The maximum Gasteiger partial charge on any atom is 0.0218 e. The zero-order valence-electron chi connectivity index (χ0n) is 15.5. The summed E-state index contributed by atoms with van der Waals surface area (Å²) in [5.74, 6) is 0.611. The molecule has 0 fully saturated rings. The standard InChI is InChI=1S/C25H25N.ClH/c1-2-9-19(10-3-1)18-26-16-8-15-25-17-22(20-11-4-6-13-23(20)25)21-12-5-7-14-24(21)25;/h1-7,9-14,22,26H,8,15-18H2;1H. The van der Waals surface area contributed by atoms with Gasteiger partial charge in [0.1, 0.15) is 0 Å². The molecule has 0 atom stereocenters. The summed E-state index contributed by atoms with van der Waals surface area (Å²) in [5, 5.41) is 3.63. The van der Waals surface area contributed by atoms with Crippen LogP contribution in [0.2, 0.25) is 0 Å². The smallest absolute Gasteiger partial charge is 0.0218 e. The van der Waals surface area contributed by atoms with E-state index in [2.05, 4.69) is 84.2 Å². The van der Waals surface area contributed by atoms with Crippen molar-refractivity contribution in [1.29, 1.82) is 0 Å². The number of fused-ring (bicyclic) bond motifs is 8. The highest BCUT2D eigenvalue weighted by atomic mass is 35.5. The number of benzene rings is 3. The van der Waals surface area contributed by atoms with Crippen LogP contribution in [-0.4, -0.2) is 6.54 Å². The lowest BCUT2D eigenvalue weighted by Gasteiger charge is -2.31. The van der Waals surface area contributed by atoms with Gasteiger partial charge in [-0.3, -0.25) is 0 Å². The Hall–Kier alpha value is -2.09. The molecule has 0 saturated carbocycles. The topological polar surface area (TPSA) is 12.0 Å². The second-order valence-corrected chi connectivity index (χ2v) is 7.78. The van der Waals surface area contributed by atoms with E-state index >= 15 is 0 Å². The lowest BCUT2D eigenvalue weighted by atomic mass is 9.72. The summed E-state index contributed by atoms with van der Waals surface area (Å²) in [6.07, 6.45) is 3.71. The molecule has 0 heterocycles. The van der Waals surface area contributed by atoms with Crippen molar-refractivity contribution in [2.75, 3.05) is 6.54 Å². The van der Waals surface area contributed by atoms with E-state index in [1.807, 2.05) is 0 Å². The number of nitrogens with one attached hydrogen (secondary N) is 1. The van der Waals surface area contributed by atoms with Crippen LogP contribution in [0, 0.1) is 0 Å². The Morgan fingerprint density at radius 2 is 1.37 bits per heavy atom. The van der Waals surface area contributed by atoms with E-state index in [-0.39, 0.29) is 17.8 Å². The Morgan fingerprint density at radius 3 is 2.04 bits per heavy atom. The van der Waals surface area contributed by atoms with Crippen LogP contribution in [-0.2, 0) is 12.0 Å². The molecule has 2 heteroatoms. The minimum atomic E-state index is 0. The Bertz CT molecular complexity index is 871. The molecular formula is C25H26ClN. The quantitative estimate of drug-likeness (QED) is 0.536. The molecule has 1 N–H and O–H groups in total. The number of hydrogen-bond acceptors (Lipinski definition) is 1. The molecule has 3 aromatic rings. The van der Waals surface area contributed by atoms with Gasteiger partial charge < -0.3 is 5.32 Å². The van der Waals surface area contributed by atoms with Crippen molar-refractivity contribution in [3.63, 3.8) is 0 Å². The van der Waals surface area contributed by atoms with Crippen molar-refractivity contribution in [2.24, 2.45) is 0 Å². The van der Waals surface area contributed by atoms with Crippen molar-refractivity contribution in [3.8, 4) is 0 Å². The van der Waals surface area contributed by atoms with Crippen molar-refractivity contribution in [2.45, 2.75) is 37.1 Å². The lowest BCUT2D eigenvalue weighted by molar-refractivity contribution is 0.457. The van der Waals surface area contributed by atoms with Gasteiger partial charge in [0.25, 0.3) is 0 Å². The molecule has 1 nitrogen and oxygen atoms in total. The van der Waals surface area contributed by atoms with E-state index in [9.17, 15) is 0 Å². The summed E-state index contributed by atoms with van der Waals surface area (Å²) in [4.78, 5) is 0. The molecule has 5 rings (SSSR count). The minimum absolute atomic E-state index is 0. The summed E-state index contributed by atoms with van der Waals surface area (Å²) in [5.41, 5.74) is 7.93. The minimum Gasteiger partial charge on any atom is -0.313 e. The van der Waals surface area contributed by atoms with E-state index in [0.29, 0.717) is 5.92 Å². The van der Waals surface area contributed by atoms with E-state index in [0.717, 1.165) is 13.1 Å². The fourth-order valence-electron chi connectivity index (χ4n) is 5.29. The van der Waals surface area contributed by atoms with Gasteiger partial charge in [-0.2, -0.15) is 0 Å². The number of halogens is 1. The molecule has 0 spiro atoms. The van der Waals surface area contributed by atoms with E-state index in [1.54, 1.807) is 22.3 Å². The maximum absolute atomic E-state index is 3.63. The van der Waals surface area contributed by atoms with Gasteiger partial charge in [-0.1, -0.05) is 78.9 Å². The summed E-state index contributed by atoms with van der Waals surface area (Å²) >= 11 is 0. The molecule has 0 saturated heterocycles. The highest BCUT2D eigenvalue weighted by Gasteiger charge is 2.51. The van der Waals surface area contributed by atoms with Gasteiger partial charge in [-0.25, -0.2) is 0 Å². The Labute approximate surface area is 168 Å². The normalized spacial score (nSPS) is 21.4. The van der Waals surface area contributed by atoms with Crippen LogP contribution in [0.5, 0.6) is 0 Å². The Kier molecular flexibility index (Phi) is 5.08. The molecule has 2 bridgehead atoms. The Morgan fingerprint density at radius 1 is 0.778 bits per heavy atom. The van der Waals surface area contributed by atoms with Gasteiger partial charge >= 0.3 is 0 Å². The van der Waals surface area contributed by atoms with Crippen molar-refractivity contribution in [1.82, 2.24) is 5.32 Å². The molecule has 0 radical (unpaired) electrons. The molecule has 2 aliphatic carbocycles. The third-order valence-electron chi connectivity index (χ3n) is 6.39. The molecule has 3 aromatic carbocycles. The van der Waals surface area contributed by atoms with Crippen molar-refractivity contribution in [3.05, 3.63) is 107 Å². The third-order valence-corrected chi connectivity index (χ3v) is 6.39. The fourth-order valence-corrected chi connectivity index (χ4v) is 5.29. The van der Waals surface area contributed by atoms with Gasteiger partial charge in [0, 0.05) is 17.9 Å². The third kappa shape index (κ3) is 2.99. The molecule has 2 aliphatic rings. The van der Waals surface area contributed by atoms with Gasteiger partial charge in [0.05, 0.1) is 0 Å². The second kappa shape index (κ2) is 7.50. The van der Waals surface area contributed by atoms with Crippen LogP contribution < -0.4 is 5.32 Å². The monoisotopic (exact) mass is 375 g/mol. The van der Waals surface area contributed by atoms with Crippen LogP contribution in [0.15, 0.2) is 78.9 Å². The predicted octanol–water partition coefficient (Wildman–Crippen LogP) is 5.81. The molecule has 0 aromatic heterocycles. The van der Waals surface area contributed by atoms with Gasteiger partial charge in [-0.05, 0) is 53.6 Å². The van der Waals surface area contributed by atoms with E-state index < -0.39 is 0 Å². The first-order valence-corrected chi connectivity index (χ1v) is 9.82. The molecule has 0 unspecified atom stereocenters. The highest BCUT2D eigenvalue weighted by molar-refractivity contribution is 5.85. The van der Waals surface area contributed by atoms with Crippen molar-refractivity contribution < 1.29 is 0 Å². The van der Waals surface area contributed by atoms with Crippen molar-refractivity contribution >= 4 is 12.4 Å². The maximum atomic E-state index is 3.63. The van der Waals surface area contributed by atoms with E-state index in [1.165, 1.54) is 24.8 Å². The lowest BCUT2D eigenvalue weighted by Crippen LogP contribution is -2.26. The summed E-state index contributed by atoms with van der Waals surface area (Å²) in [7, 11) is 0. The molecule has 0 aliphatic heterocycles. The van der Waals surface area contributed by atoms with Crippen LogP contribution in [0.25, 0.3) is 0 Å². The fraction of sp³-hybridized carbons (Fsp3) is 0.280. The van der Waals surface area contributed by atoms with Gasteiger partial charge in [0.15, 0.2) is 0 Å². The first-order valence-electron chi connectivity index (χ1n) is 9.82. The average Bonchev–Trinajstić information content (AvgIpc) is 3.21.